The zero-order valence-electron chi connectivity index (χ0n) is 22.4. The smallest absolute Gasteiger partial charge is 0.247 e. The summed E-state index contributed by atoms with van der Waals surface area (Å²) < 4.78 is 17.8. The molecule has 0 saturated carbocycles. The van der Waals surface area contributed by atoms with E-state index in [2.05, 4.69) is 5.32 Å². The van der Waals surface area contributed by atoms with Gasteiger partial charge in [0.1, 0.15) is 18.5 Å². The minimum Gasteiger partial charge on any atom is -0.493 e. The minimum atomic E-state index is -1.23. The summed E-state index contributed by atoms with van der Waals surface area (Å²) in [6.45, 7) is 0.707. The van der Waals surface area contributed by atoms with Crippen LogP contribution < -0.4 is 14.8 Å². The van der Waals surface area contributed by atoms with Crippen LogP contribution in [0.4, 0.5) is 0 Å². The van der Waals surface area contributed by atoms with E-state index >= 15 is 0 Å². The van der Waals surface area contributed by atoms with Crippen molar-refractivity contribution in [2.24, 2.45) is 5.92 Å². The molecular weight excluding hydrogens is 667 g/mol. The van der Waals surface area contributed by atoms with Crippen molar-refractivity contribution in [3.8, 4) is 11.5 Å². The Kier molecular flexibility index (Phi) is 11.0. The summed E-state index contributed by atoms with van der Waals surface area (Å²) in [6, 6.07) is 9.38. The van der Waals surface area contributed by atoms with Crippen molar-refractivity contribution in [2.45, 2.75) is 37.6 Å². The van der Waals surface area contributed by atoms with E-state index in [-0.39, 0.29) is 56.0 Å². The molecule has 220 valence electrons. The number of aliphatic hydroxyl groups is 2. The lowest BCUT2D eigenvalue weighted by Gasteiger charge is -2.41. The highest BCUT2D eigenvalue weighted by molar-refractivity contribution is 14.1. The molecule has 1 aliphatic heterocycles. The van der Waals surface area contributed by atoms with Gasteiger partial charge in [0.15, 0.2) is 11.5 Å². The van der Waals surface area contributed by atoms with Gasteiger partial charge >= 0.3 is 0 Å². The van der Waals surface area contributed by atoms with Gasteiger partial charge in [-0.25, -0.2) is 0 Å². The van der Waals surface area contributed by atoms with Crippen LogP contribution in [0.15, 0.2) is 48.0 Å². The lowest BCUT2D eigenvalue weighted by molar-refractivity contribution is -0.143. The normalized spacial score (nSPS) is 22.0. The van der Waals surface area contributed by atoms with Crippen molar-refractivity contribution in [1.82, 2.24) is 10.2 Å². The molecule has 41 heavy (non-hydrogen) atoms. The summed E-state index contributed by atoms with van der Waals surface area (Å²) >= 11 is 8.09. The van der Waals surface area contributed by atoms with Gasteiger partial charge in [0.05, 0.1) is 35.9 Å². The highest BCUT2D eigenvalue weighted by atomic mass is 127. The molecule has 10 nitrogen and oxygen atoms in total. The van der Waals surface area contributed by atoms with E-state index in [0.717, 1.165) is 5.56 Å². The minimum absolute atomic E-state index is 0.0423. The fourth-order valence-electron chi connectivity index (χ4n) is 4.95. The Morgan fingerprint density at radius 1 is 1.27 bits per heavy atom. The molecule has 0 radical (unpaired) electrons. The van der Waals surface area contributed by atoms with Gasteiger partial charge in [-0.15, -0.1) is 0 Å². The molecule has 1 saturated heterocycles. The summed E-state index contributed by atoms with van der Waals surface area (Å²) in [6.07, 6.45) is 0.556. The molecule has 2 aromatic carbocycles. The SMILES string of the molecule is COc1cc(C=O)cc(I)c1O[C@H]1C=C(C(=O)NCCO)C[C@@H](N(Cc2ccc(Cl)cc2)C(=O)C2CCOC2)[C@@H]1O. The molecule has 2 aliphatic rings. The third-order valence-electron chi connectivity index (χ3n) is 7.08. The Morgan fingerprint density at radius 3 is 2.66 bits per heavy atom. The first-order valence-corrected chi connectivity index (χ1v) is 14.6. The molecule has 1 aliphatic carbocycles. The Morgan fingerprint density at radius 2 is 2.02 bits per heavy atom. The molecule has 1 unspecified atom stereocenters. The lowest BCUT2D eigenvalue weighted by Crippen LogP contribution is -2.56. The molecule has 1 heterocycles. The van der Waals surface area contributed by atoms with E-state index in [9.17, 15) is 24.6 Å². The van der Waals surface area contributed by atoms with Crippen LogP contribution in [0.3, 0.4) is 0 Å². The van der Waals surface area contributed by atoms with Crippen LogP contribution >= 0.6 is 34.2 Å². The molecule has 12 heteroatoms. The monoisotopic (exact) mass is 698 g/mol. The van der Waals surface area contributed by atoms with Gasteiger partial charge in [0.2, 0.25) is 11.8 Å². The van der Waals surface area contributed by atoms with Crippen molar-refractivity contribution in [3.63, 3.8) is 0 Å². The highest BCUT2D eigenvalue weighted by Crippen LogP contribution is 2.37. The largest absolute Gasteiger partial charge is 0.493 e. The van der Waals surface area contributed by atoms with Crippen LogP contribution in [0.2, 0.25) is 5.02 Å². The zero-order valence-corrected chi connectivity index (χ0v) is 25.3. The van der Waals surface area contributed by atoms with Crippen LogP contribution in [0.1, 0.15) is 28.8 Å². The number of hydrogen-bond acceptors (Lipinski definition) is 8. The molecule has 0 aromatic heterocycles. The molecule has 0 bridgehead atoms. The standard InChI is InChI=1S/C29H32ClIN2O8/c1-39-25-11-18(15-35)10-22(31)27(25)41-24-13-20(28(37)32-7-8-34)12-23(26(24)36)33(29(38)19-6-9-40-16-19)14-17-2-4-21(30)5-3-17/h2-5,10-11,13,15,19,23-24,26,34,36H,6-9,12,14,16H2,1H3,(H,32,37)/t19?,23-,24+,26+/m1/s1. The van der Waals surface area contributed by atoms with E-state index in [1.54, 1.807) is 23.1 Å². The number of methoxy groups -OCH3 is 1. The second-order valence-electron chi connectivity index (χ2n) is 9.82. The van der Waals surface area contributed by atoms with Crippen LogP contribution in [-0.4, -0.2) is 84.9 Å². The summed E-state index contributed by atoms with van der Waals surface area (Å²) in [7, 11) is 1.44. The van der Waals surface area contributed by atoms with Crippen molar-refractivity contribution in [2.75, 3.05) is 33.5 Å². The number of rotatable bonds is 11. The molecule has 4 rings (SSSR count). The number of nitrogens with zero attached hydrogens (tertiary/aromatic N) is 1. The van der Waals surface area contributed by atoms with Crippen molar-refractivity contribution in [1.29, 1.82) is 0 Å². The van der Waals surface area contributed by atoms with Gasteiger partial charge in [-0.1, -0.05) is 23.7 Å². The van der Waals surface area contributed by atoms with Crippen molar-refractivity contribution >= 4 is 52.3 Å². The lowest BCUT2D eigenvalue weighted by atomic mass is 9.87. The average Bonchev–Trinajstić information content (AvgIpc) is 3.52. The second-order valence-corrected chi connectivity index (χ2v) is 11.4. The number of carbonyl (C=O) groups excluding carboxylic acids is 3. The Bertz CT molecular complexity index is 1280. The second kappa shape index (κ2) is 14.5. The number of halogens is 2. The number of carbonyl (C=O) groups is 3. The molecule has 2 amide bonds. The number of benzene rings is 2. The maximum absolute atomic E-state index is 13.9. The van der Waals surface area contributed by atoms with Gasteiger partial charge < -0.3 is 34.6 Å². The third kappa shape index (κ3) is 7.58. The summed E-state index contributed by atoms with van der Waals surface area (Å²) in [5.41, 5.74) is 1.49. The van der Waals surface area contributed by atoms with Crippen LogP contribution in [0, 0.1) is 9.49 Å². The van der Waals surface area contributed by atoms with E-state index in [1.165, 1.54) is 19.3 Å². The summed E-state index contributed by atoms with van der Waals surface area (Å²) in [4.78, 5) is 39.9. The Labute approximate surface area is 256 Å². The van der Waals surface area contributed by atoms with Gasteiger partial charge in [-0.05, 0) is 64.9 Å². The fourth-order valence-corrected chi connectivity index (χ4v) is 5.83. The Hall–Kier alpha value is -2.71. The number of nitrogens with one attached hydrogen (secondary N) is 1. The van der Waals surface area contributed by atoms with Crippen molar-refractivity contribution in [3.05, 3.63) is 67.8 Å². The number of aldehydes is 1. The van der Waals surface area contributed by atoms with Crippen LogP contribution in [0.25, 0.3) is 0 Å². The van der Waals surface area contributed by atoms with Crippen molar-refractivity contribution < 1.29 is 38.8 Å². The number of ether oxygens (including phenoxy) is 3. The molecule has 4 atom stereocenters. The average molecular weight is 699 g/mol. The van der Waals surface area contributed by atoms with Crippen LogP contribution in [0.5, 0.6) is 11.5 Å². The van der Waals surface area contributed by atoms with Gasteiger partial charge in [0, 0.05) is 42.3 Å². The zero-order chi connectivity index (χ0) is 29.5. The number of aliphatic hydroxyl groups excluding tert-OH is 2. The first kappa shape index (κ1) is 31.2. The molecule has 3 N–H and O–H groups in total. The first-order valence-electron chi connectivity index (χ1n) is 13.2. The number of hydrogen-bond donors (Lipinski definition) is 3. The third-order valence-corrected chi connectivity index (χ3v) is 8.14. The van der Waals surface area contributed by atoms with E-state index in [0.29, 0.717) is 39.0 Å². The maximum atomic E-state index is 13.9. The number of amides is 2. The first-order chi connectivity index (χ1) is 19.7. The topological polar surface area (TPSA) is 135 Å². The Balaban J connectivity index is 1.73. The van der Waals surface area contributed by atoms with E-state index in [1.807, 2.05) is 34.7 Å². The summed E-state index contributed by atoms with van der Waals surface area (Å²) in [5.74, 6) is -0.450. The fraction of sp³-hybridized carbons (Fsp3) is 0.414. The van der Waals surface area contributed by atoms with Crippen LogP contribution in [-0.2, 0) is 20.9 Å². The molecule has 0 spiro atoms. The predicted octanol–water partition coefficient (Wildman–Crippen LogP) is 2.75. The quantitative estimate of drug-likeness (QED) is 0.241. The molecule has 1 fully saturated rings. The van der Waals surface area contributed by atoms with E-state index < -0.39 is 24.2 Å². The highest BCUT2D eigenvalue weighted by Gasteiger charge is 2.42. The van der Waals surface area contributed by atoms with Gasteiger partial charge in [-0.2, -0.15) is 0 Å². The van der Waals surface area contributed by atoms with Gasteiger partial charge in [-0.3, -0.25) is 14.4 Å². The van der Waals surface area contributed by atoms with E-state index in [4.69, 9.17) is 25.8 Å². The molecule has 2 aromatic rings. The summed E-state index contributed by atoms with van der Waals surface area (Å²) in [5, 5.41) is 24.2. The predicted molar refractivity (Wildman–Crippen MR) is 159 cm³/mol. The maximum Gasteiger partial charge on any atom is 0.247 e. The molecular formula is C29H32ClIN2O8. The van der Waals surface area contributed by atoms with Gasteiger partial charge in [0.25, 0.3) is 0 Å².